The van der Waals surface area contributed by atoms with Gasteiger partial charge in [-0.15, -0.1) is 0 Å². The van der Waals surface area contributed by atoms with E-state index in [9.17, 15) is 4.79 Å². The van der Waals surface area contributed by atoms with E-state index < -0.39 is 0 Å². The molecule has 0 spiro atoms. The van der Waals surface area contributed by atoms with Crippen LogP contribution in [0.1, 0.15) is 41.9 Å². The summed E-state index contributed by atoms with van der Waals surface area (Å²) >= 11 is 0. The van der Waals surface area contributed by atoms with Crippen molar-refractivity contribution >= 4 is 5.91 Å². The number of hydrogen-bond donors (Lipinski definition) is 1. The fourth-order valence-electron chi connectivity index (χ4n) is 3.00. The Bertz CT molecular complexity index is 767. The average molecular weight is 329 g/mol. The number of ether oxygens (including phenoxy) is 2. The molecular formula is C18H23N3O3. The molecule has 1 aliphatic heterocycles. The fourth-order valence-corrected chi connectivity index (χ4v) is 3.00. The van der Waals surface area contributed by atoms with Crippen LogP contribution < -0.4 is 14.8 Å². The fraction of sp³-hybridized carbons (Fsp3) is 0.444. The maximum atomic E-state index is 12.3. The minimum atomic E-state index is -0.0805. The maximum Gasteiger partial charge on any atom is 0.231 e. The van der Waals surface area contributed by atoms with Gasteiger partial charge in [0.05, 0.1) is 11.7 Å². The van der Waals surface area contributed by atoms with Crippen molar-refractivity contribution in [1.82, 2.24) is 15.1 Å². The largest absolute Gasteiger partial charge is 0.454 e. The lowest BCUT2D eigenvalue weighted by Gasteiger charge is -2.15. The van der Waals surface area contributed by atoms with Gasteiger partial charge in [-0.2, -0.15) is 5.10 Å². The second-order valence-corrected chi connectivity index (χ2v) is 6.17. The van der Waals surface area contributed by atoms with E-state index in [1.807, 2.05) is 50.7 Å². The first-order valence-corrected chi connectivity index (χ1v) is 8.13. The Morgan fingerprint density at radius 1 is 1.33 bits per heavy atom. The quantitative estimate of drug-likeness (QED) is 0.916. The number of amides is 1. The highest BCUT2D eigenvalue weighted by atomic mass is 16.7. The summed E-state index contributed by atoms with van der Waals surface area (Å²) in [6.45, 7) is 6.23. The molecule has 1 aromatic heterocycles. The lowest BCUT2D eigenvalue weighted by molar-refractivity contribution is -0.121. The summed E-state index contributed by atoms with van der Waals surface area (Å²) in [5.74, 6) is 1.51. The summed E-state index contributed by atoms with van der Waals surface area (Å²) in [4.78, 5) is 12.3. The van der Waals surface area contributed by atoms with Gasteiger partial charge >= 0.3 is 0 Å². The van der Waals surface area contributed by atoms with Crippen LogP contribution in [0.5, 0.6) is 11.5 Å². The number of carbonyl (C=O) groups excluding carboxylic acids is 1. The van der Waals surface area contributed by atoms with Crippen LogP contribution in [0.4, 0.5) is 0 Å². The number of aromatic nitrogens is 2. The van der Waals surface area contributed by atoms with E-state index in [0.29, 0.717) is 12.8 Å². The zero-order chi connectivity index (χ0) is 17.3. The molecule has 1 atom stereocenters. The minimum Gasteiger partial charge on any atom is -0.454 e. The molecular weight excluding hydrogens is 306 g/mol. The van der Waals surface area contributed by atoms with Gasteiger partial charge in [0.15, 0.2) is 11.5 Å². The number of rotatable bonds is 5. The third-order valence-corrected chi connectivity index (χ3v) is 4.54. The van der Waals surface area contributed by atoms with E-state index in [1.54, 1.807) is 0 Å². The van der Waals surface area contributed by atoms with E-state index in [-0.39, 0.29) is 18.7 Å². The van der Waals surface area contributed by atoms with E-state index >= 15 is 0 Å². The van der Waals surface area contributed by atoms with Crippen molar-refractivity contribution in [2.45, 2.75) is 39.7 Å². The summed E-state index contributed by atoms with van der Waals surface area (Å²) in [6.07, 6.45) is 1.15. The Kier molecular flexibility index (Phi) is 4.46. The van der Waals surface area contributed by atoms with E-state index in [4.69, 9.17) is 9.47 Å². The zero-order valence-corrected chi connectivity index (χ0v) is 14.5. The second kappa shape index (κ2) is 6.55. The summed E-state index contributed by atoms with van der Waals surface area (Å²) < 4.78 is 12.6. The van der Waals surface area contributed by atoms with Crippen molar-refractivity contribution in [2.24, 2.45) is 7.05 Å². The Labute approximate surface area is 141 Å². The third-order valence-electron chi connectivity index (χ3n) is 4.54. The smallest absolute Gasteiger partial charge is 0.231 e. The first kappa shape index (κ1) is 16.4. The molecule has 0 fully saturated rings. The number of nitrogens with zero attached hydrogens (tertiary/aromatic N) is 2. The van der Waals surface area contributed by atoms with Crippen LogP contribution in [-0.2, 0) is 18.3 Å². The Balaban J connectivity index is 1.58. The van der Waals surface area contributed by atoms with Crippen molar-refractivity contribution in [3.8, 4) is 11.5 Å². The van der Waals surface area contributed by atoms with E-state index in [1.165, 1.54) is 0 Å². The maximum absolute atomic E-state index is 12.3. The lowest BCUT2D eigenvalue weighted by atomic mass is 10.1. The van der Waals surface area contributed by atoms with Crippen molar-refractivity contribution < 1.29 is 14.3 Å². The second-order valence-electron chi connectivity index (χ2n) is 6.17. The molecule has 2 aromatic rings. The van der Waals surface area contributed by atoms with Crippen LogP contribution in [0, 0.1) is 13.8 Å². The Morgan fingerprint density at radius 2 is 2.08 bits per heavy atom. The van der Waals surface area contributed by atoms with Crippen molar-refractivity contribution in [1.29, 1.82) is 0 Å². The van der Waals surface area contributed by atoms with Crippen LogP contribution in [0.3, 0.4) is 0 Å². The van der Waals surface area contributed by atoms with Crippen LogP contribution in [0.25, 0.3) is 0 Å². The normalized spacial score (nSPS) is 13.8. The number of hydrogen-bond acceptors (Lipinski definition) is 4. The van der Waals surface area contributed by atoms with Crippen molar-refractivity contribution in [2.75, 3.05) is 6.79 Å². The molecule has 1 amide bonds. The summed E-state index contributed by atoms with van der Waals surface area (Å²) in [5, 5.41) is 7.43. The SMILES string of the molecule is Cc1nn(C)c(C)c1CCC(=O)N[C@H](C)c1ccc2c(c1)OCO2. The molecule has 2 heterocycles. The highest BCUT2D eigenvalue weighted by molar-refractivity contribution is 5.76. The highest BCUT2D eigenvalue weighted by Crippen LogP contribution is 2.34. The van der Waals surface area contributed by atoms with Gasteiger partial charge in [0, 0.05) is 19.2 Å². The molecule has 0 saturated heterocycles. The van der Waals surface area contributed by atoms with Crippen molar-refractivity contribution in [3.05, 3.63) is 40.7 Å². The zero-order valence-electron chi connectivity index (χ0n) is 14.5. The lowest BCUT2D eigenvalue weighted by Crippen LogP contribution is -2.26. The first-order valence-electron chi connectivity index (χ1n) is 8.13. The number of benzene rings is 1. The number of carbonyl (C=O) groups is 1. The molecule has 1 aliphatic rings. The molecule has 24 heavy (non-hydrogen) atoms. The predicted octanol–water partition coefficient (Wildman–Crippen LogP) is 2.58. The van der Waals surface area contributed by atoms with E-state index in [0.717, 1.165) is 34.0 Å². The summed E-state index contributed by atoms with van der Waals surface area (Å²) in [7, 11) is 1.92. The third kappa shape index (κ3) is 3.22. The van der Waals surface area contributed by atoms with Gasteiger partial charge in [-0.05, 0) is 50.5 Å². The van der Waals surface area contributed by atoms with Crippen LogP contribution in [0.2, 0.25) is 0 Å². The molecule has 3 rings (SSSR count). The van der Waals surface area contributed by atoms with E-state index in [2.05, 4.69) is 10.4 Å². The van der Waals surface area contributed by atoms with Crippen LogP contribution in [-0.4, -0.2) is 22.5 Å². The van der Waals surface area contributed by atoms with Crippen LogP contribution >= 0.6 is 0 Å². The topological polar surface area (TPSA) is 65.4 Å². The Morgan fingerprint density at radius 3 is 2.79 bits per heavy atom. The molecule has 6 nitrogen and oxygen atoms in total. The summed E-state index contributed by atoms with van der Waals surface area (Å²) in [6, 6.07) is 5.67. The summed E-state index contributed by atoms with van der Waals surface area (Å²) in [5.41, 5.74) is 4.26. The molecule has 0 unspecified atom stereocenters. The predicted molar refractivity (Wildman–Crippen MR) is 90.1 cm³/mol. The van der Waals surface area contributed by atoms with Crippen molar-refractivity contribution in [3.63, 3.8) is 0 Å². The monoisotopic (exact) mass is 329 g/mol. The molecule has 0 saturated carbocycles. The minimum absolute atomic E-state index is 0.0304. The molecule has 128 valence electrons. The van der Waals surface area contributed by atoms with Gasteiger partial charge in [-0.1, -0.05) is 6.07 Å². The highest BCUT2D eigenvalue weighted by Gasteiger charge is 2.17. The number of aryl methyl sites for hydroxylation is 2. The average Bonchev–Trinajstić information content (AvgIpc) is 3.10. The van der Waals surface area contributed by atoms with Gasteiger partial charge in [0.25, 0.3) is 0 Å². The number of nitrogens with one attached hydrogen (secondary N) is 1. The van der Waals surface area contributed by atoms with Gasteiger partial charge in [-0.25, -0.2) is 0 Å². The molecule has 1 N–H and O–H groups in total. The Hall–Kier alpha value is -2.50. The molecule has 0 radical (unpaired) electrons. The van der Waals surface area contributed by atoms with Gasteiger partial charge < -0.3 is 14.8 Å². The molecule has 0 bridgehead atoms. The molecule has 1 aromatic carbocycles. The van der Waals surface area contributed by atoms with Gasteiger partial charge in [-0.3, -0.25) is 9.48 Å². The number of fused-ring (bicyclic) bond motifs is 1. The van der Waals surface area contributed by atoms with Gasteiger partial charge in [0.2, 0.25) is 12.7 Å². The molecule has 0 aliphatic carbocycles. The van der Waals surface area contributed by atoms with Gasteiger partial charge in [0.1, 0.15) is 0 Å². The van der Waals surface area contributed by atoms with Crippen LogP contribution in [0.15, 0.2) is 18.2 Å². The molecule has 6 heteroatoms. The first-order chi connectivity index (χ1) is 11.5. The standard InChI is InChI=1S/C18H23N3O3/c1-11(14-5-7-16-17(9-14)24-10-23-16)19-18(22)8-6-15-12(2)20-21(4)13(15)3/h5,7,9,11H,6,8,10H2,1-4H3,(H,19,22)/t11-/m1/s1.